The van der Waals surface area contributed by atoms with Crippen LogP contribution in [-0.4, -0.2) is 130 Å². The lowest BCUT2D eigenvalue weighted by Crippen LogP contribution is -2.58. The van der Waals surface area contributed by atoms with Gasteiger partial charge in [0, 0.05) is 69.5 Å². The van der Waals surface area contributed by atoms with Gasteiger partial charge in [-0.05, 0) is 89.1 Å². The number of esters is 1. The Bertz CT molecular complexity index is 2470. The molecule has 3 N–H and O–H groups in total. The molecule has 2 aliphatic heterocycles. The number of amides is 1. The van der Waals surface area contributed by atoms with Crippen molar-refractivity contribution in [2.45, 2.75) is 120 Å². The van der Waals surface area contributed by atoms with Crippen molar-refractivity contribution in [3.05, 3.63) is 103 Å². The van der Waals surface area contributed by atoms with Gasteiger partial charge in [-0.1, -0.05) is 70.2 Å². The van der Waals surface area contributed by atoms with Gasteiger partial charge in [0.05, 0.1) is 18.2 Å². The number of fused-ring (bicyclic) bond motifs is 1. The predicted molar refractivity (Wildman–Crippen MR) is 269 cm³/mol. The molecule has 6 rings (SSSR count). The maximum atomic E-state index is 14.0. The van der Waals surface area contributed by atoms with Crippen LogP contribution in [0.5, 0.6) is 5.75 Å². The normalized spacial score (nSPS) is 21.9. The van der Waals surface area contributed by atoms with E-state index >= 15 is 0 Å². The SMILES string of the molecule is Cc1c(OC(=O)OCCSSCCOC(=O)OC[C@H]2O[C@@H](n3cc(C)c(=O)[nH]c3=O)C[C@@H]2N=[N+]=[N-])cccc1C(=O)N[C@@H](CSc1ccccc1)[C@H](O)CN1C[C@H]2CCCC[C@H]2C[C@H]1C(=O)OC(C)(C)C. The Morgan fingerprint density at radius 3 is 2.37 bits per heavy atom. The Morgan fingerprint density at radius 2 is 1.66 bits per heavy atom. The molecular formula is C48H63N7O13S3. The predicted octanol–water partition coefficient (Wildman–Crippen LogP) is 7.34. The summed E-state index contributed by atoms with van der Waals surface area (Å²) < 4.78 is 34.0. The quantitative estimate of drug-likeness (QED) is 0.0108. The second kappa shape index (κ2) is 26.5. The van der Waals surface area contributed by atoms with Crippen LogP contribution in [0.25, 0.3) is 10.4 Å². The first kappa shape index (κ1) is 55.2. The van der Waals surface area contributed by atoms with E-state index < -0.39 is 71.6 Å². The average Bonchev–Trinajstić information content (AvgIpc) is 3.73. The number of carbonyl (C=O) groups is 4. The van der Waals surface area contributed by atoms with Crippen LogP contribution < -0.4 is 21.3 Å². The van der Waals surface area contributed by atoms with Gasteiger partial charge in [0.2, 0.25) is 0 Å². The number of H-pyrrole nitrogens is 1. The van der Waals surface area contributed by atoms with E-state index in [2.05, 4.69) is 25.2 Å². The summed E-state index contributed by atoms with van der Waals surface area (Å²) in [4.78, 5) is 84.8. The summed E-state index contributed by atoms with van der Waals surface area (Å²) in [5.41, 5.74) is 8.06. The molecule has 3 heterocycles. The first-order valence-electron chi connectivity index (χ1n) is 23.6. The van der Waals surface area contributed by atoms with Crippen molar-refractivity contribution < 1.29 is 52.7 Å². The minimum absolute atomic E-state index is 0.00193. The number of piperidine rings is 1. The van der Waals surface area contributed by atoms with E-state index in [0.717, 1.165) is 30.6 Å². The van der Waals surface area contributed by atoms with Crippen molar-refractivity contribution in [2.75, 3.05) is 50.2 Å². The van der Waals surface area contributed by atoms with Gasteiger partial charge in [0.15, 0.2) is 0 Å². The number of aliphatic hydroxyl groups excluding tert-OH is 1. The third-order valence-electron chi connectivity index (χ3n) is 12.4. The number of azide groups is 1. The largest absolute Gasteiger partial charge is 0.513 e. The number of ether oxygens (including phenoxy) is 6. The molecule has 3 aliphatic rings. The van der Waals surface area contributed by atoms with Gasteiger partial charge >= 0.3 is 24.0 Å². The number of rotatable bonds is 21. The van der Waals surface area contributed by atoms with Crippen molar-refractivity contribution in [3.8, 4) is 5.75 Å². The van der Waals surface area contributed by atoms with Gasteiger partial charge in [-0.2, -0.15) is 0 Å². The Morgan fingerprint density at radius 1 is 0.958 bits per heavy atom. The highest BCUT2D eigenvalue weighted by Crippen LogP contribution is 2.39. The van der Waals surface area contributed by atoms with E-state index in [9.17, 15) is 33.9 Å². The monoisotopic (exact) mass is 1040 g/mol. The van der Waals surface area contributed by atoms with Gasteiger partial charge < -0.3 is 38.8 Å². The lowest BCUT2D eigenvalue weighted by Gasteiger charge is -2.46. The molecule has 23 heteroatoms. The molecule has 2 saturated heterocycles. The standard InChI is InChI=1S/C48H63N7O13S3/c1-29-24-55(45(60)51-42(29)57)41-23-35(52-53-49)40(66-41)27-65-46(61)63-18-20-70-71-21-19-64-47(62)67-39-17-11-16-34(30(39)2)43(58)50-36(28-69-33-14-7-6-8-15-33)38(56)26-54-25-32-13-10-9-12-31(32)22-37(54)44(59)68-48(3,4)5/h6-8,11,14-17,24,31-32,35-38,40-41,56H,9-10,12-13,18-23,25-28H2,1-5H3,(H,50,58)(H,51,57,60)/t31-,32+,35-,36-,37-,38+,40+,41+/m0/s1. The number of aryl methyl sites for hydroxylation is 1. The summed E-state index contributed by atoms with van der Waals surface area (Å²) in [6.07, 6.45) is 1.88. The highest BCUT2D eigenvalue weighted by molar-refractivity contribution is 8.76. The molecule has 0 unspecified atom stereocenters. The Balaban J connectivity index is 0.940. The Labute approximate surface area is 424 Å². The van der Waals surface area contributed by atoms with Crippen LogP contribution >= 0.6 is 33.3 Å². The number of β-amino-alcohol motifs (C(OH)–C–C–N with tert-alkyl or cyclic N) is 1. The number of nitrogens with zero attached hydrogens (tertiary/aromatic N) is 5. The third-order valence-corrected chi connectivity index (χ3v) is 15.8. The molecule has 1 aromatic heterocycles. The van der Waals surface area contributed by atoms with E-state index in [-0.39, 0.29) is 55.6 Å². The van der Waals surface area contributed by atoms with Crippen LogP contribution in [0.4, 0.5) is 9.59 Å². The maximum Gasteiger partial charge on any atom is 0.513 e. The molecule has 0 radical (unpaired) electrons. The van der Waals surface area contributed by atoms with Gasteiger partial charge in [-0.15, -0.1) is 11.8 Å². The van der Waals surface area contributed by atoms with Crippen LogP contribution in [0.1, 0.15) is 87.0 Å². The smallest absolute Gasteiger partial charge is 0.459 e. The second-order valence-electron chi connectivity index (χ2n) is 18.6. The van der Waals surface area contributed by atoms with Crippen molar-refractivity contribution in [1.82, 2.24) is 19.8 Å². The molecule has 0 spiro atoms. The minimum Gasteiger partial charge on any atom is -0.459 e. The van der Waals surface area contributed by atoms with Crippen molar-refractivity contribution in [1.29, 1.82) is 0 Å². The first-order valence-corrected chi connectivity index (χ1v) is 27.1. The van der Waals surface area contributed by atoms with E-state index in [4.69, 9.17) is 34.0 Å². The first-order chi connectivity index (χ1) is 34.0. The minimum atomic E-state index is -1.04. The lowest BCUT2D eigenvalue weighted by molar-refractivity contribution is -0.166. The zero-order valence-electron chi connectivity index (χ0n) is 40.5. The number of aliphatic hydroxyl groups is 1. The summed E-state index contributed by atoms with van der Waals surface area (Å²) in [5.74, 6) is 1.32. The molecule has 386 valence electrons. The fourth-order valence-corrected chi connectivity index (χ4v) is 11.5. The molecule has 71 heavy (non-hydrogen) atoms. The number of carbonyl (C=O) groups excluding carboxylic acids is 4. The Kier molecular flexibility index (Phi) is 20.6. The molecule has 1 aliphatic carbocycles. The molecule has 1 amide bonds. The van der Waals surface area contributed by atoms with E-state index in [0.29, 0.717) is 47.6 Å². The number of aromatic amines is 1. The number of nitrogens with one attached hydrogen (secondary N) is 2. The van der Waals surface area contributed by atoms with Gasteiger partial charge in [0.25, 0.3) is 11.5 Å². The molecular weight excluding hydrogens is 979 g/mol. The van der Waals surface area contributed by atoms with Crippen LogP contribution in [0, 0.1) is 25.7 Å². The van der Waals surface area contributed by atoms with Gasteiger partial charge in [-0.3, -0.25) is 28.8 Å². The van der Waals surface area contributed by atoms with Crippen LogP contribution in [0.2, 0.25) is 0 Å². The number of likely N-dealkylation sites (tertiary alicyclic amines) is 1. The molecule has 3 aromatic rings. The van der Waals surface area contributed by atoms with Crippen LogP contribution in [-0.2, 0) is 28.5 Å². The molecule has 8 atom stereocenters. The highest BCUT2D eigenvalue weighted by atomic mass is 33.1. The zero-order chi connectivity index (χ0) is 51.1. The molecule has 3 fully saturated rings. The molecule has 2 aromatic carbocycles. The summed E-state index contributed by atoms with van der Waals surface area (Å²) in [5, 5.41) is 18.7. The van der Waals surface area contributed by atoms with Gasteiger partial charge in [-0.25, -0.2) is 14.4 Å². The number of hydrogen-bond acceptors (Lipinski definition) is 18. The van der Waals surface area contributed by atoms with E-state index in [1.807, 2.05) is 51.1 Å². The zero-order valence-corrected chi connectivity index (χ0v) is 43.0. The van der Waals surface area contributed by atoms with Crippen molar-refractivity contribution in [2.24, 2.45) is 17.0 Å². The van der Waals surface area contributed by atoms with Crippen LogP contribution in [0.3, 0.4) is 0 Å². The molecule has 0 bridgehead atoms. The molecule has 1 saturated carbocycles. The fourth-order valence-electron chi connectivity index (χ4n) is 8.82. The van der Waals surface area contributed by atoms with Crippen LogP contribution in [0.15, 0.2) is 74.3 Å². The number of thioether (sulfide) groups is 1. The third kappa shape index (κ3) is 16.4. The van der Waals surface area contributed by atoms with E-state index in [1.165, 1.54) is 51.0 Å². The number of hydrogen-bond donors (Lipinski definition) is 3. The number of aromatic nitrogens is 2. The topological polar surface area (TPSA) is 263 Å². The second-order valence-corrected chi connectivity index (χ2v) is 22.4. The fraction of sp³-hybridized carbons (Fsp3) is 0.583. The van der Waals surface area contributed by atoms with Crippen molar-refractivity contribution >= 4 is 57.5 Å². The summed E-state index contributed by atoms with van der Waals surface area (Å²) in [7, 11) is 2.73. The summed E-state index contributed by atoms with van der Waals surface area (Å²) in [6, 6.07) is 12.5. The molecule has 20 nitrogen and oxygen atoms in total. The van der Waals surface area contributed by atoms with Gasteiger partial charge in [0.1, 0.15) is 49.5 Å². The van der Waals surface area contributed by atoms with Crippen molar-refractivity contribution in [3.63, 3.8) is 0 Å². The Hall–Kier alpha value is -5.16. The highest BCUT2D eigenvalue weighted by Gasteiger charge is 2.43. The average molecular weight is 1040 g/mol. The summed E-state index contributed by atoms with van der Waals surface area (Å²) in [6.45, 7) is 9.27. The number of benzene rings is 2. The maximum absolute atomic E-state index is 14.0. The van der Waals surface area contributed by atoms with E-state index in [1.54, 1.807) is 25.1 Å². The summed E-state index contributed by atoms with van der Waals surface area (Å²) >= 11 is 1.50. The lowest BCUT2D eigenvalue weighted by atomic mass is 9.73.